The number of H-pyrrole nitrogens is 1. The summed E-state index contributed by atoms with van der Waals surface area (Å²) in [6.07, 6.45) is -11.1. The first-order valence-electron chi connectivity index (χ1n) is 8.75. The summed E-state index contributed by atoms with van der Waals surface area (Å²) in [5, 5.41) is 24.4. The fraction of sp³-hybridized carbons (Fsp3) is 0.500. The van der Waals surface area contributed by atoms with Crippen molar-refractivity contribution in [2.75, 3.05) is 13.7 Å². The van der Waals surface area contributed by atoms with E-state index in [0.29, 0.717) is 11.3 Å². The molecule has 11 heteroatoms. The molecule has 1 fully saturated rings. The standard InChI is InChI=1S/C18H20F4N2O5/c1-27-10-4-2-9(3-5-10)6-11-16(18(20,21)22)23-24-17(11)29-14-7-12(26)15(19)13(8-25)28-14/h2-5,12-15,25-26H,6-8H2,1H3,(H,23,24). The number of ether oxygens (including phenoxy) is 3. The molecule has 7 nitrogen and oxygen atoms in total. The number of aromatic nitrogens is 2. The van der Waals surface area contributed by atoms with Crippen LogP contribution in [0.2, 0.25) is 0 Å². The average molecular weight is 420 g/mol. The number of hydrogen-bond donors (Lipinski definition) is 3. The molecule has 4 atom stereocenters. The zero-order chi connectivity index (χ0) is 21.2. The zero-order valence-corrected chi connectivity index (χ0v) is 15.3. The van der Waals surface area contributed by atoms with Crippen molar-refractivity contribution < 1.29 is 42.0 Å². The van der Waals surface area contributed by atoms with Crippen molar-refractivity contribution in [1.29, 1.82) is 0 Å². The SMILES string of the molecule is COc1ccc(Cc2c(OC3CC(O)C(F)C(CO)O3)n[nH]c2C(F)(F)F)cc1. The number of rotatable bonds is 6. The predicted octanol–water partition coefficient (Wildman–Crippen LogP) is 2.21. The van der Waals surface area contributed by atoms with Crippen molar-refractivity contribution in [3.63, 3.8) is 0 Å². The van der Waals surface area contributed by atoms with Gasteiger partial charge in [0.25, 0.3) is 0 Å². The second-order valence-electron chi connectivity index (χ2n) is 6.56. The molecule has 3 N–H and O–H groups in total. The van der Waals surface area contributed by atoms with Crippen molar-refractivity contribution in [2.24, 2.45) is 0 Å². The van der Waals surface area contributed by atoms with Gasteiger partial charge in [0.05, 0.1) is 25.4 Å². The van der Waals surface area contributed by atoms with Gasteiger partial charge >= 0.3 is 6.18 Å². The molecule has 160 valence electrons. The molecule has 0 bridgehead atoms. The molecule has 3 rings (SSSR count). The minimum absolute atomic E-state index is 0.158. The van der Waals surface area contributed by atoms with Crippen molar-refractivity contribution >= 4 is 0 Å². The highest BCUT2D eigenvalue weighted by Gasteiger charge is 2.41. The van der Waals surface area contributed by atoms with Gasteiger partial charge in [-0.15, -0.1) is 5.10 Å². The average Bonchev–Trinajstić information content (AvgIpc) is 3.07. The lowest BCUT2D eigenvalue weighted by Crippen LogP contribution is -2.49. The molecule has 1 aliphatic rings. The maximum atomic E-state index is 13.8. The van der Waals surface area contributed by atoms with Crippen molar-refractivity contribution in [2.45, 2.75) is 43.7 Å². The van der Waals surface area contributed by atoms with Crippen LogP contribution in [0.25, 0.3) is 0 Å². The fourth-order valence-corrected chi connectivity index (χ4v) is 3.04. The summed E-state index contributed by atoms with van der Waals surface area (Å²) in [4.78, 5) is 0. The van der Waals surface area contributed by atoms with Gasteiger partial charge in [0.2, 0.25) is 12.2 Å². The first-order chi connectivity index (χ1) is 13.7. The third-order valence-electron chi connectivity index (χ3n) is 4.56. The summed E-state index contributed by atoms with van der Waals surface area (Å²) in [6, 6.07) is 6.42. The Balaban J connectivity index is 1.85. The van der Waals surface area contributed by atoms with Gasteiger partial charge in [-0.3, -0.25) is 5.10 Å². The number of aliphatic hydroxyl groups is 2. The van der Waals surface area contributed by atoms with Crippen LogP contribution >= 0.6 is 0 Å². The van der Waals surface area contributed by atoms with Gasteiger partial charge in [0.15, 0.2) is 6.17 Å². The summed E-state index contributed by atoms with van der Waals surface area (Å²) in [7, 11) is 1.47. The predicted molar refractivity (Wildman–Crippen MR) is 91.3 cm³/mol. The summed E-state index contributed by atoms with van der Waals surface area (Å²) >= 11 is 0. The van der Waals surface area contributed by atoms with Crippen LogP contribution in [-0.2, 0) is 17.3 Å². The second kappa shape index (κ2) is 8.56. The van der Waals surface area contributed by atoms with E-state index in [1.54, 1.807) is 24.3 Å². The molecule has 1 aromatic heterocycles. The summed E-state index contributed by atoms with van der Waals surface area (Å²) in [5.74, 6) is 0.174. The third-order valence-corrected chi connectivity index (χ3v) is 4.56. The number of hydrogen-bond acceptors (Lipinski definition) is 6. The highest BCUT2D eigenvalue weighted by atomic mass is 19.4. The molecule has 4 unspecified atom stereocenters. The van der Waals surface area contributed by atoms with Gasteiger partial charge < -0.3 is 24.4 Å². The van der Waals surface area contributed by atoms with E-state index in [1.807, 2.05) is 5.10 Å². The van der Waals surface area contributed by atoms with E-state index in [1.165, 1.54) is 7.11 Å². The van der Waals surface area contributed by atoms with E-state index in [9.17, 15) is 22.7 Å². The normalized spacial score (nSPS) is 25.1. The smallest absolute Gasteiger partial charge is 0.433 e. The number of halogens is 4. The Kier molecular flexibility index (Phi) is 6.30. The van der Waals surface area contributed by atoms with Gasteiger partial charge in [-0.1, -0.05) is 12.1 Å². The molecule has 29 heavy (non-hydrogen) atoms. The van der Waals surface area contributed by atoms with Crippen molar-refractivity contribution in [3.05, 3.63) is 41.1 Å². The second-order valence-corrected chi connectivity index (χ2v) is 6.56. The van der Waals surface area contributed by atoms with Crippen LogP contribution in [0.5, 0.6) is 11.6 Å². The van der Waals surface area contributed by atoms with Crippen LogP contribution in [0.3, 0.4) is 0 Å². The van der Waals surface area contributed by atoms with Crippen LogP contribution in [-0.4, -0.2) is 58.8 Å². The van der Waals surface area contributed by atoms with Crippen LogP contribution in [0.15, 0.2) is 24.3 Å². The van der Waals surface area contributed by atoms with Crippen LogP contribution in [0.4, 0.5) is 17.6 Å². The summed E-state index contributed by atoms with van der Waals surface area (Å²) < 4.78 is 69.6. The van der Waals surface area contributed by atoms with Gasteiger partial charge in [-0.2, -0.15) is 13.2 Å². The van der Waals surface area contributed by atoms with Gasteiger partial charge in [-0.25, -0.2) is 4.39 Å². The molecule has 2 heterocycles. The number of benzene rings is 1. The van der Waals surface area contributed by atoms with E-state index in [0.717, 1.165) is 0 Å². The maximum Gasteiger partial charge on any atom is 0.433 e. The molecule has 1 aliphatic heterocycles. The highest BCUT2D eigenvalue weighted by Crippen LogP contribution is 2.37. The Morgan fingerprint density at radius 2 is 1.97 bits per heavy atom. The van der Waals surface area contributed by atoms with Gasteiger partial charge in [0.1, 0.15) is 17.5 Å². The quantitative estimate of drug-likeness (QED) is 0.621. The number of aliphatic hydroxyl groups excluding tert-OH is 2. The Hall–Kier alpha value is -2.37. The molecule has 1 aromatic carbocycles. The monoisotopic (exact) mass is 420 g/mol. The lowest BCUT2D eigenvalue weighted by Gasteiger charge is -2.34. The van der Waals surface area contributed by atoms with Crippen LogP contribution in [0.1, 0.15) is 23.2 Å². The maximum absolute atomic E-state index is 13.8. The molecule has 0 saturated carbocycles. The Bertz CT molecular complexity index is 812. The molecule has 0 aliphatic carbocycles. The third kappa shape index (κ3) is 4.80. The number of methoxy groups -OCH3 is 1. The molecule has 2 aromatic rings. The van der Waals surface area contributed by atoms with Crippen molar-refractivity contribution in [1.82, 2.24) is 10.2 Å². The van der Waals surface area contributed by atoms with E-state index < -0.39 is 43.1 Å². The lowest BCUT2D eigenvalue weighted by molar-refractivity contribution is -0.215. The number of aromatic amines is 1. The Morgan fingerprint density at radius 3 is 2.55 bits per heavy atom. The molecule has 1 saturated heterocycles. The highest BCUT2D eigenvalue weighted by molar-refractivity contribution is 5.39. The van der Waals surface area contributed by atoms with E-state index in [-0.39, 0.29) is 24.3 Å². The van der Waals surface area contributed by atoms with Crippen LogP contribution in [0, 0.1) is 0 Å². The topological polar surface area (TPSA) is 96.8 Å². The van der Waals surface area contributed by atoms with Gasteiger partial charge in [0, 0.05) is 12.8 Å². The van der Waals surface area contributed by atoms with Crippen LogP contribution < -0.4 is 9.47 Å². The minimum atomic E-state index is -4.71. The number of nitrogens with one attached hydrogen (secondary N) is 1. The van der Waals surface area contributed by atoms with E-state index in [2.05, 4.69) is 5.10 Å². The summed E-state index contributed by atoms with van der Waals surface area (Å²) in [6.45, 7) is -0.717. The van der Waals surface area contributed by atoms with Gasteiger partial charge in [-0.05, 0) is 17.7 Å². The Labute approximate surface area is 163 Å². The Morgan fingerprint density at radius 1 is 1.28 bits per heavy atom. The minimum Gasteiger partial charge on any atom is -0.497 e. The van der Waals surface area contributed by atoms with E-state index in [4.69, 9.17) is 19.3 Å². The molecule has 0 radical (unpaired) electrons. The fourth-order valence-electron chi connectivity index (χ4n) is 3.04. The first kappa shape index (κ1) is 21.3. The number of nitrogens with zero attached hydrogens (tertiary/aromatic N) is 1. The molecular formula is C18H20F4N2O5. The van der Waals surface area contributed by atoms with E-state index >= 15 is 0 Å². The van der Waals surface area contributed by atoms with Crippen molar-refractivity contribution in [3.8, 4) is 11.6 Å². The zero-order valence-electron chi connectivity index (χ0n) is 15.3. The molecule has 0 spiro atoms. The largest absolute Gasteiger partial charge is 0.497 e. The number of alkyl halides is 4. The first-order valence-corrected chi connectivity index (χ1v) is 8.75. The summed E-state index contributed by atoms with van der Waals surface area (Å²) in [5.41, 5.74) is -0.797. The molecule has 0 amide bonds. The lowest BCUT2D eigenvalue weighted by atomic mass is 10.0. The molecular weight excluding hydrogens is 400 g/mol.